The lowest BCUT2D eigenvalue weighted by atomic mass is 9.99. The van der Waals surface area contributed by atoms with Gasteiger partial charge in [-0.2, -0.15) is 0 Å². The summed E-state index contributed by atoms with van der Waals surface area (Å²) in [5, 5.41) is 1.54. The largest absolute Gasteiger partial charge is 0.467 e. The van der Waals surface area contributed by atoms with E-state index in [2.05, 4.69) is 4.74 Å². The van der Waals surface area contributed by atoms with Gasteiger partial charge in [0.05, 0.1) is 24.6 Å². The van der Waals surface area contributed by atoms with Crippen LogP contribution in [0.2, 0.25) is 0 Å². The molecular formula is C16H35N3O3. The molecule has 0 aromatic heterocycles. The van der Waals surface area contributed by atoms with Crippen LogP contribution in [-0.4, -0.2) is 37.8 Å². The summed E-state index contributed by atoms with van der Waals surface area (Å²) in [7, 11) is 3.10. The molecule has 132 valence electrons. The molecule has 4 N–H and O–H groups in total. The molecule has 22 heavy (non-hydrogen) atoms. The Morgan fingerprint density at radius 1 is 1.23 bits per heavy atom. The summed E-state index contributed by atoms with van der Waals surface area (Å²) >= 11 is 0. The molecule has 1 rings (SSSR count). The highest BCUT2D eigenvalue weighted by atomic mass is 16.6. The maximum absolute atomic E-state index is 11.1. The average molecular weight is 317 g/mol. The molecule has 0 fully saturated rings. The van der Waals surface area contributed by atoms with Crippen LogP contribution in [0.5, 0.6) is 0 Å². The normalized spacial score (nSPS) is 21.1. The summed E-state index contributed by atoms with van der Waals surface area (Å²) in [6, 6.07) is 0. The van der Waals surface area contributed by atoms with Gasteiger partial charge in [-0.05, 0) is 19.3 Å². The number of hydrogen-bond acceptors (Lipinski definition) is 6. The Bertz CT molecular complexity index is 318. The van der Waals surface area contributed by atoms with E-state index in [1.807, 2.05) is 27.7 Å². The highest BCUT2D eigenvalue weighted by Crippen LogP contribution is 2.23. The van der Waals surface area contributed by atoms with Crippen LogP contribution in [0.4, 0.5) is 0 Å². The molecule has 0 saturated heterocycles. The van der Waals surface area contributed by atoms with Gasteiger partial charge in [0, 0.05) is 7.05 Å². The van der Waals surface area contributed by atoms with Crippen LogP contribution in [0.25, 0.3) is 0 Å². The number of carbonyl (C=O) groups excluding carboxylic acids is 1. The number of carbonyl (C=O) groups is 1. The number of hydrogen-bond donors (Lipinski definition) is 2. The van der Waals surface area contributed by atoms with Crippen molar-refractivity contribution in [3.63, 3.8) is 0 Å². The van der Waals surface area contributed by atoms with E-state index in [0.29, 0.717) is 5.70 Å². The fourth-order valence-electron chi connectivity index (χ4n) is 2.07. The summed E-state index contributed by atoms with van der Waals surface area (Å²) in [4.78, 5) is 11.1. The Kier molecular flexibility index (Phi) is 15.3. The molecule has 1 aliphatic carbocycles. The van der Waals surface area contributed by atoms with E-state index in [1.54, 1.807) is 7.05 Å². The first-order valence-corrected chi connectivity index (χ1v) is 8.21. The molecule has 0 aliphatic heterocycles. The standard InChI is InChI=1S/C12H23N3O3.2C2H6/c1-15(14)9-6-4-3-5-7-10(12(9)13)18-8-11(16)17-2;2*1-2/h10H,3-8,13-14H2,1-2H3;2*1-2H3/b12-9-;;. The summed E-state index contributed by atoms with van der Waals surface area (Å²) < 4.78 is 10.1. The zero-order valence-corrected chi connectivity index (χ0v) is 15.1. The van der Waals surface area contributed by atoms with Gasteiger partial charge in [0.15, 0.2) is 0 Å². The number of rotatable bonds is 4. The number of esters is 1. The predicted octanol–water partition coefficient (Wildman–Crippen LogP) is 2.54. The van der Waals surface area contributed by atoms with Gasteiger partial charge in [0.2, 0.25) is 0 Å². The number of nitrogens with zero attached hydrogens (tertiary/aromatic N) is 1. The van der Waals surface area contributed by atoms with Crippen LogP contribution in [0, 0.1) is 0 Å². The molecule has 6 heteroatoms. The molecule has 0 amide bonds. The molecule has 0 radical (unpaired) electrons. The van der Waals surface area contributed by atoms with Crippen LogP contribution < -0.4 is 11.6 Å². The molecule has 0 aromatic rings. The molecule has 0 spiro atoms. The van der Waals surface area contributed by atoms with Crippen molar-refractivity contribution < 1.29 is 14.3 Å². The lowest BCUT2D eigenvalue weighted by Gasteiger charge is -2.27. The van der Waals surface area contributed by atoms with Crippen molar-refractivity contribution >= 4 is 5.97 Å². The Morgan fingerprint density at radius 2 is 1.82 bits per heavy atom. The number of allylic oxidation sites excluding steroid dienone is 1. The van der Waals surface area contributed by atoms with Gasteiger partial charge in [-0.15, -0.1) is 0 Å². The topological polar surface area (TPSA) is 90.8 Å². The summed E-state index contributed by atoms with van der Waals surface area (Å²) in [6.07, 6.45) is 4.61. The maximum Gasteiger partial charge on any atom is 0.331 e. The lowest BCUT2D eigenvalue weighted by molar-refractivity contribution is -0.147. The van der Waals surface area contributed by atoms with Crippen LogP contribution in [-0.2, 0) is 14.3 Å². The van der Waals surface area contributed by atoms with Gasteiger partial charge in [-0.25, -0.2) is 10.6 Å². The first-order valence-electron chi connectivity index (χ1n) is 8.21. The number of methoxy groups -OCH3 is 1. The van der Waals surface area contributed by atoms with Crippen LogP contribution in [0.1, 0.15) is 59.8 Å². The minimum atomic E-state index is -0.396. The third kappa shape index (κ3) is 8.89. The van der Waals surface area contributed by atoms with Crippen molar-refractivity contribution in [2.75, 3.05) is 20.8 Å². The van der Waals surface area contributed by atoms with Crippen molar-refractivity contribution in [2.45, 2.75) is 65.9 Å². The molecule has 0 saturated carbocycles. The van der Waals surface area contributed by atoms with Crippen LogP contribution in [0.15, 0.2) is 11.4 Å². The van der Waals surface area contributed by atoms with Crippen LogP contribution >= 0.6 is 0 Å². The molecule has 0 heterocycles. The zero-order chi connectivity index (χ0) is 17.5. The van der Waals surface area contributed by atoms with E-state index >= 15 is 0 Å². The smallest absolute Gasteiger partial charge is 0.331 e. The summed E-state index contributed by atoms with van der Waals surface area (Å²) in [6.45, 7) is 7.92. The van der Waals surface area contributed by atoms with Gasteiger partial charge in [-0.3, -0.25) is 0 Å². The van der Waals surface area contributed by atoms with E-state index in [-0.39, 0.29) is 12.7 Å². The van der Waals surface area contributed by atoms with Crippen LogP contribution in [0.3, 0.4) is 0 Å². The molecule has 6 nitrogen and oxygen atoms in total. The van der Waals surface area contributed by atoms with E-state index < -0.39 is 5.97 Å². The van der Waals surface area contributed by atoms with Crippen molar-refractivity contribution in [1.29, 1.82) is 0 Å². The van der Waals surface area contributed by atoms with Gasteiger partial charge in [0.1, 0.15) is 6.61 Å². The first kappa shape index (κ1) is 23.0. The van der Waals surface area contributed by atoms with Gasteiger partial charge in [-0.1, -0.05) is 40.5 Å². The fourth-order valence-corrected chi connectivity index (χ4v) is 2.07. The van der Waals surface area contributed by atoms with Crippen molar-refractivity contribution in [3.8, 4) is 0 Å². The van der Waals surface area contributed by atoms with E-state index in [9.17, 15) is 4.79 Å². The Labute approximate surface area is 135 Å². The SMILES string of the molecule is CC.CC.COC(=O)COC1CCCCC/C(N(C)N)=C\1N. The predicted molar refractivity (Wildman–Crippen MR) is 90.7 cm³/mol. The average Bonchev–Trinajstić information content (AvgIpc) is 2.54. The third-order valence-corrected chi connectivity index (χ3v) is 3.12. The Hall–Kier alpha value is -1.27. The first-order chi connectivity index (χ1) is 10.6. The molecule has 1 unspecified atom stereocenters. The second-order valence-electron chi connectivity index (χ2n) is 4.49. The van der Waals surface area contributed by atoms with Gasteiger partial charge < -0.3 is 20.2 Å². The van der Waals surface area contributed by atoms with Gasteiger partial charge >= 0.3 is 5.97 Å². The molecule has 0 aromatic carbocycles. The monoisotopic (exact) mass is 317 g/mol. The van der Waals surface area contributed by atoms with Crippen molar-refractivity contribution in [3.05, 3.63) is 11.4 Å². The highest BCUT2D eigenvalue weighted by molar-refractivity contribution is 5.70. The third-order valence-electron chi connectivity index (χ3n) is 3.12. The maximum atomic E-state index is 11.1. The fraction of sp³-hybridized carbons (Fsp3) is 0.812. The highest BCUT2D eigenvalue weighted by Gasteiger charge is 2.21. The van der Waals surface area contributed by atoms with E-state index in [4.69, 9.17) is 16.3 Å². The second-order valence-corrected chi connectivity index (χ2v) is 4.49. The molecular weight excluding hydrogens is 282 g/mol. The lowest BCUT2D eigenvalue weighted by Crippen LogP contribution is -2.34. The minimum absolute atomic E-state index is 0.0799. The van der Waals surface area contributed by atoms with Crippen molar-refractivity contribution in [2.24, 2.45) is 11.6 Å². The number of nitrogens with two attached hydrogens (primary N) is 2. The Balaban J connectivity index is 0. The zero-order valence-electron chi connectivity index (χ0n) is 15.1. The summed E-state index contributed by atoms with van der Waals surface area (Å²) in [5.41, 5.74) is 7.62. The number of ether oxygens (including phenoxy) is 2. The van der Waals surface area contributed by atoms with E-state index in [0.717, 1.165) is 37.8 Å². The molecule has 1 atom stereocenters. The Morgan fingerprint density at radius 3 is 2.32 bits per heavy atom. The van der Waals surface area contributed by atoms with E-state index in [1.165, 1.54) is 12.1 Å². The quantitative estimate of drug-likeness (QED) is 0.470. The second kappa shape index (κ2) is 14.7. The van der Waals surface area contributed by atoms with Crippen molar-refractivity contribution in [1.82, 2.24) is 5.01 Å². The van der Waals surface area contributed by atoms with Gasteiger partial charge in [0.25, 0.3) is 0 Å². The number of hydrazine groups is 1. The summed E-state index contributed by atoms with van der Waals surface area (Å²) in [5.74, 6) is 5.37. The minimum Gasteiger partial charge on any atom is -0.467 e. The molecule has 1 aliphatic rings. The molecule has 0 bridgehead atoms.